The number of hydrogen-bond donors (Lipinski definition) is 2. The Balaban J connectivity index is 2.49. The highest BCUT2D eigenvalue weighted by Crippen LogP contribution is 2.28. The summed E-state index contributed by atoms with van der Waals surface area (Å²) in [5.74, 6) is -0.281. The van der Waals surface area contributed by atoms with E-state index in [0.29, 0.717) is 5.82 Å². The Hall–Kier alpha value is -2.10. The van der Waals surface area contributed by atoms with Crippen molar-refractivity contribution in [2.75, 3.05) is 11.9 Å². The van der Waals surface area contributed by atoms with Gasteiger partial charge in [-0.2, -0.15) is 0 Å². The molecule has 100 valence electrons. The molecule has 0 spiro atoms. The predicted molar refractivity (Wildman–Crippen MR) is 76.6 cm³/mol. The molecule has 2 N–H and O–H groups in total. The van der Waals surface area contributed by atoms with E-state index in [1.54, 1.807) is 6.20 Å². The van der Waals surface area contributed by atoms with Crippen molar-refractivity contribution in [3.8, 4) is 0 Å². The molecule has 19 heavy (non-hydrogen) atoms. The zero-order valence-corrected chi connectivity index (χ0v) is 11.4. The number of aliphatic carboxylic acids is 1. The zero-order chi connectivity index (χ0) is 14.0. The minimum atomic E-state index is -0.897. The second-order valence-electron chi connectivity index (χ2n) is 5.59. The third kappa shape index (κ3) is 3.02. The molecule has 0 aliphatic carbocycles. The number of nitrogens with one attached hydrogen (secondary N) is 1. The molecule has 0 aliphatic rings. The van der Waals surface area contributed by atoms with Gasteiger partial charge in [0.15, 0.2) is 0 Å². The van der Waals surface area contributed by atoms with Gasteiger partial charge in [-0.3, -0.25) is 4.79 Å². The average Bonchev–Trinajstić information content (AvgIpc) is 2.34. The first-order valence-corrected chi connectivity index (χ1v) is 6.23. The molecule has 0 unspecified atom stereocenters. The standard InChI is InChI=1S/C15H18N2O2/c1-15(2,3)11-5-4-10-6-7-16-14(12(10)8-11)17-9-13(18)19/h4-8H,9H2,1-3H3,(H,16,17)(H,18,19). The molecule has 1 aromatic carbocycles. The molecule has 0 radical (unpaired) electrons. The Morgan fingerprint density at radius 2 is 2.05 bits per heavy atom. The number of carbonyl (C=O) groups is 1. The molecule has 0 saturated heterocycles. The molecule has 2 aromatic rings. The SMILES string of the molecule is CC(C)(C)c1ccc2ccnc(NCC(=O)O)c2c1. The van der Waals surface area contributed by atoms with E-state index in [4.69, 9.17) is 5.11 Å². The van der Waals surface area contributed by atoms with Crippen LogP contribution in [-0.4, -0.2) is 22.6 Å². The maximum Gasteiger partial charge on any atom is 0.322 e. The zero-order valence-electron chi connectivity index (χ0n) is 11.4. The van der Waals surface area contributed by atoms with Gasteiger partial charge >= 0.3 is 5.97 Å². The highest BCUT2D eigenvalue weighted by molar-refractivity contribution is 5.93. The fourth-order valence-electron chi connectivity index (χ4n) is 1.94. The summed E-state index contributed by atoms with van der Waals surface area (Å²) < 4.78 is 0. The van der Waals surface area contributed by atoms with Crippen molar-refractivity contribution in [3.05, 3.63) is 36.0 Å². The number of pyridine rings is 1. The van der Waals surface area contributed by atoms with Gasteiger partial charge in [0.2, 0.25) is 0 Å². The van der Waals surface area contributed by atoms with Gasteiger partial charge in [-0.05, 0) is 28.5 Å². The normalized spacial score (nSPS) is 11.5. The molecule has 0 atom stereocenters. The Bertz CT molecular complexity index is 615. The average molecular weight is 258 g/mol. The number of nitrogens with zero attached hydrogens (tertiary/aromatic N) is 1. The van der Waals surface area contributed by atoms with Gasteiger partial charge < -0.3 is 10.4 Å². The number of rotatable bonds is 3. The Morgan fingerprint density at radius 3 is 2.68 bits per heavy atom. The van der Waals surface area contributed by atoms with Crippen molar-refractivity contribution in [2.24, 2.45) is 0 Å². The van der Waals surface area contributed by atoms with Crippen molar-refractivity contribution in [2.45, 2.75) is 26.2 Å². The quantitative estimate of drug-likeness (QED) is 0.888. The first kappa shape index (κ1) is 13.3. The number of carboxylic acid groups (broad SMARTS) is 1. The second-order valence-corrected chi connectivity index (χ2v) is 5.59. The van der Waals surface area contributed by atoms with Gasteiger partial charge in [-0.15, -0.1) is 0 Å². The van der Waals surface area contributed by atoms with Crippen LogP contribution in [0.4, 0.5) is 5.82 Å². The minimum Gasteiger partial charge on any atom is -0.480 e. The number of benzene rings is 1. The Kier molecular flexibility index (Phi) is 3.42. The maximum absolute atomic E-state index is 10.6. The van der Waals surface area contributed by atoms with E-state index < -0.39 is 5.97 Å². The molecule has 0 bridgehead atoms. The first-order chi connectivity index (χ1) is 8.88. The number of aromatic nitrogens is 1. The van der Waals surface area contributed by atoms with Gasteiger partial charge in [-0.25, -0.2) is 4.98 Å². The summed E-state index contributed by atoms with van der Waals surface area (Å²) >= 11 is 0. The smallest absolute Gasteiger partial charge is 0.322 e. The molecule has 0 aliphatic heterocycles. The number of anilines is 1. The molecular weight excluding hydrogens is 240 g/mol. The summed E-state index contributed by atoms with van der Waals surface area (Å²) in [4.78, 5) is 14.9. The van der Waals surface area contributed by atoms with Gasteiger partial charge in [0.1, 0.15) is 12.4 Å². The second kappa shape index (κ2) is 4.88. The van der Waals surface area contributed by atoms with Crippen molar-refractivity contribution < 1.29 is 9.90 Å². The molecule has 2 rings (SSSR count). The molecule has 0 fully saturated rings. The number of carboxylic acids is 1. The Labute approximate surface area is 112 Å². The van der Waals surface area contributed by atoms with Crippen molar-refractivity contribution in [1.29, 1.82) is 0 Å². The minimum absolute atomic E-state index is 0.0497. The summed E-state index contributed by atoms with van der Waals surface area (Å²) in [5.41, 5.74) is 1.25. The van der Waals surface area contributed by atoms with E-state index in [2.05, 4.69) is 43.2 Å². The molecule has 4 heteroatoms. The van der Waals surface area contributed by atoms with Crippen LogP contribution in [0.2, 0.25) is 0 Å². The summed E-state index contributed by atoms with van der Waals surface area (Å²) in [7, 11) is 0. The molecule has 1 heterocycles. The van der Waals surface area contributed by atoms with E-state index in [9.17, 15) is 4.79 Å². The fourth-order valence-corrected chi connectivity index (χ4v) is 1.94. The van der Waals surface area contributed by atoms with Crippen LogP contribution in [0.1, 0.15) is 26.3 Å². The van der Waals surface area contributed by atoms with E-state index in [-0.39, 0.29) is 12.0 Å². The van der Waals surface area contributed by atoms with E-state index >= 15 is 0 Å². The van der Waals surface area contributed by atoms with Crippen molar-refractivity contribution >= 4 is 22.6 Å². The topological polar surface area (TPSA) is 62.2 Å². The molecule has 4 nitrogen and oxygen atoms in total. The first-order valence-electron chi connectivity index (χ1n) is 6.23. The maximum atomic E-state index is 10.6. The lowest BCUT2D eigenvalue weighted by Gasteiger charge is -2.20. The van der Waals surface area contributed by atoms with Crippen LogP contribution in [0.25, 0.3) is 10.8 Å². The molecular formula is C15H18N2O2. The van der Waals surface area contributed by atoms with Crippen LogP contribution < -0.4 is 5.32 Å². The monoisotopic (exact) mass is 258 g/mol. The molecule has 1 aromatic heterocycles. The van der Waals surface area contributed by atoms with Gasteiger partial charge in [0, 0.05) is 11.6 Å². The molecule has 0 saturated carbocycles. The summed E-state index contributed by atoms with van der Waals surface area (Å²) in [5, 5.41) is 13.6. The summed E-state index contributed by atoms with van der Waals surface area (Å²) in [6, 6.07) is 8.15. The van der Waals surface area contributed by atoms with E-state index in [1.807, 2.05) is 12.1 Å². The Morgan fingerprint density at radius 1 is 1.32 bits per heavy atom. The lowest BCUT2D eigenvalue weighted by molar-refractivity contribution is -0.134. The fraction of sp³-hybridized carbons (Fsp3) is 0.333. The van der Waals surface area contributed by atoms with Crippen LogP contribution in [0.3, 0.4) is 0 Å². The largest absolute Gasteiger partial charge is 0.480 e. The van der Waals surface area contributed by atoms with E-state index in [0.717, 1.165) is 10.8 Å². The van der Waals surface area contributed by atoms with Crippen LogP contribution in [-0.2, 0) is 10.2 Å². The predicted octanol–water partition coefficient (Wildman–Crippen LogP) is 3.03. The van der Waals surface area contributed by atoms with Crippen molar-refractivity contribution in [1.82, 2.24) is 4.98 Å². The van der Waals surface area contributed by atoms with Crippen LogP contribution in [0.5, 0.6) is 0 Å². The third-order valence-electron chi connectivity index (χ3n) is 3.04. The van der Waals surface area contributed by atoms with Crippen LogP contribution in [0.15, 0.2) is 30.5 Å². The van der Waals surface area contributed by atoms with Crippen LogP contribution >= 0.6 is 0 Å². The highest BCUT2D eigenvalue weighted by Gasteiger charge is 2.15. The van der Waals surface area contributed by atoms with Crippen molar-refractivity contribution in [3.63, 3.8) is 0 Å². The lowest BCUT2D eigenvalue weighted by atomic mass is 9.86. The highest BCUT2D eigenvalue weighted by atomic mass is 16.4. The summed E-state index contributed by atoms with van der Waals surface area (Å²) in [6.07, 6.45) is 1.68. The molecule has 0 amide bonds. The van der Waals surface area contributed by atoms with Gasteiger partial charge in [-0.1, -0.05) is 32.9 Å². The number of fused-ring (bicyclic) bond motifs is 1. The van der Waals surface area contributed by atoms with E-state index in [1.165, 1.54) is 5.56 Å². The van der Waals surface area contributed by atoms with Crippen LogP contribution in [0, 0.1) is 0 Å². The summed E-state index contributed by atoms with van der Waals surface area (Å²) in [6.45, 7) is 6.31. The lowest BCUT2D eigenvalue weighted by Crippen LogP contribution is -2.14. The van der Waals surface area contributed by atoms with Gasteiger partial charge in [0.25, 0.3) is 0 Å². The van der Waals surface area contributed by atoms with Gasteiger partial charge in [0.05, 0.1) is 0 Å². The third-order valence-corrected chi connectivity index (χ3v) is 3.04. The number of hydrogen-bond acceptors (Lipinski definition) is 3.